The highest BCUT2D eigenvalue weighted by Gasteiger charge is 2.27. The van der Waals surface area contributed by atoms with Gasteiger partial charge >= 0.3 is 0 Å². The summed E-state index contributed by atoms with van der Waals surface area (Å²) in [5, 5.41) is 2.85. The third-order valence-corrected chi connectivity index (χ3v) is 4.88. The molecule has 19 heavy (non-hydrogen) atoms. The molecule has 0 aliphatic rings. The highest BCUT2D eigenvalue weighted by Crippen LogP contribution is 2.18. The van der Waals surface area contributed by atoms with E-state index in [9.17, 15) is 8.42 Å². The first-order valence-electron chi connectivity index (χ1n) is 6.12. The lowest BCUT2D eigenvalue weighted by Crippen LogP contribution is -2.40. The van der Waals surface area contributed by atoms with E-state index in [1.807, 2.05) is 6.92 Å². The fourth-order valence-electron chi connectivity index (χ4n) is 1.86. The van der Waals surface area contributed by atoms with E-state index in [4.69, 9.17) is 4.74 Å². The van der Waals surface area contributed by atoms with Crippen LogP contribution in [0.3, 0.4) is 0 Å². The molecule has 0 saturated carbocycles. The number of nitrogens with zero attached hydrogens (tertiary/aromatic N) is 2. The van der Waals surface area contributed by atoms with E-state index in [2.05, 4.69) is 10.3 Å². The van der Waals surface area contributed by atoms with E-state index in [1.54, 1.807) is 33.2 Å². The van der Waals surface area contributed by atoms with Crippen molar-refractivity contribution in [1.29, 1.82) is 0 Å². The molecule has 0 saturated heterocycles. The molecule has 1 rings (SSSR count). The molecular weight excluding hydrogens is 266 g/mol. The molecule has 0 radical (unpaired) electrons. The van der Waals surface area contributed by atoms with Crippen LogP contribution in [0.15, 0.2) is 23.2 Å². The minimum absolute atomic E-state index is 0.191. The maximum Gasteiger partial charge on any atom is 0.244 e. The second kappa shape index (κ2) is 6.83. The summed E-state index contributed by atoms with van der Waals surface area (Å²) in [5.74, 6) is 0.631. The Labute approximate surface area is 114 Å². The second-order valence-electron chi connectivity index (χ2n) is 4.14. The molecule has 108 valence electrons. The van der Waals surface area contributed by atoms with Crippen molar-refractivity contribution in [2.24, 2.45) is 0 Å². The molecule has 0 spiro atoms. The van der Waals surface area contributed by atoms with Crippen LogP contribution in [-0.2, 0) is 14.8 Å². The number of hydrogen-bond acceptors (Lipinski definition) is 5. The van der Waals surface area contributed by atoms with Gasteiger partial charge in [0.2, 0.25) is 10.0 Å². The van der Waals surface area contributed by atoms with Gasteiger partial charge in [-0.15, -0.1) is 0 Å². The van der Waals surface area contributed by atoms with Gasteiger partial charge in [0.25, 0.3) is 0 Å². The maximum absolute atomic E-state index is 12.5. The SMILES string of the molecule is CCN(C(C)COC)S(=O)(=O)c1ccc(NC)nc1. The Morgan fingerprint density at radius 2 is 2.16 bits per heavy atom. The smallest absolute Gasteiger partial charge is 0.244 e. The van der Waals surface area contributed by atoms with E-state index < -0.39 is 10.0 Å². The molecule has 1 atom stereocenters. The quantitative estimate of drug-likeness (QED) is 0.815. The largest absolute Gasteiger partial charge is 0.383 e. The zero-order chi connectivity index (χ0) is 14.5. The number of sulfonamides is 1. The van der Waals surface area contributed by atoms with Gasteiger partial charge in [0.15, 0.2) is 0 Å². The summed E-state index contributed by atoms with van der Waals surface area (Å²) in [6.07, 6.45) is 1.36. The van der Waals surface area contributed by atoms with E-state index >= 15 is 0 Å². The molecule has 0 aliphatic carbocycles. The van der Waals surface area contributed by atoms with Gasteiger partial charge in [-0.1, -0.05) is 6.92 Å². The Morgan fingerprint density at radius 1 is 1.47 bits per heavy atom. The molecule has 0 fully saturated rings. The maximum atomic E-state index is 12.5. The van der Waals surface area contributed by atoms with Crippen LogP contribution in [0.25, 0.3) is 0 Å². The average Bonchev–Trinajstić information content (AvgIpc) is 2.39. The average molecular weight is 287 g/mol. The van der Waals surface area contributed by atoms with Crippen molar-refractivity contribution >= 4 is 15.8 Å². The third-order valence-electron chi connectivity index (χ3n) is 2.81. The van der Waals surface area contributed by atoms with Gasteiger partial charge in [-0.05, 0) is 19.1 Å². The summed E-state index contributed by atoms with van der Waals surface area (Å²) in [6, 6.07) is 2.97. The van der Waals surface area contributed by atoms with E-state index in [0.29, 0.717) is 19.0 Å². The minimum atomic E-state index is -3.53. The summed E-state index contributed by atoms with van der Waals surface area (Å²) >= 11 is 0. The topological polar surface area (TPSA) is 71.5 Å². The summed E-state index contributed by atoms with van der Waals surface area (Å²) in [6.45, 7) is 4.37. The molecule has 0 aliphatic heterocycles. The number of pyridine rings is 1. The zero-order valence-electron chi connectivity index (χ0n) is 11.8. The normalized spacial score (nSPS) is 13.5. The van der Waals surface area contributed by atoms with Crippen LogP contribution in [-0.4, -0.2) is 51.1 Å². The Balaban J connectivity index is 3.05. The number of rotatable bonds is 7. The van der Waals surface area contributed by atoms with Gasteiger partial charge in [0.1, 0.15) is 10.7 Å². The molecule has 0 bridgehead atoms. The van der Waals surface area contributed by atoms with Crippen molar-refractivity contribution in [2.75, 3.05) is 32.6 Å². The molecule has 7 heteroatoms. The first-order chi connectivity index (χ1) is 8.97. The third kappa shape index (κ3) is 3.65. The van der Waals surface area contributed by atoms with E-state index in [0.717, 1.165) is 0 Å². The summed E-state index contributed by atoms with van der Waals surface area (Å²) in [4.78, 5) is 4.23. The highest BCUT2D eigenvalue weighted by atomic mass is 32.2. The number of methoxy groups -OCH3 is 1. The van der Waals surface area contributed by atoms with Crippen LogP contribution in [0.1, 0.15) is 13.8 Å². The van der Waals surface area contributed by atoms with E-state index in [-0.39, 0.29) is 10.9 Å². The van der Waals surface area contributed by atoms with Crippen LogP contribution in [0.2, 0.25) is 0 Å². The van der Waals surface area contributed by atoms with Crippen LogP contribution < -0.4 is 5.32 Å². The van der Waals surface area contributed by atoms with Crippen LogP contribution in [0.5, 0.6) is 0 Å². The first kappa shape index (κ1) is 15.9. The van der Waals surface area contributed by atoms with Crippen LogP contribution in [0.4, 0.5) is 5.82 Å². The fourth-order valence-corrected chi connectivity index (χ4v) is 3.43. The number of hydrogen-bond donors (Lipinski definition) is 1. The zero-order valence-corrected chi connectivity index (χ0v) is 12.6. The number of likely N-dealkylation sites (N-methyl/N-ethyl adjacent to an activating group) is 1. The van der Waals surface area contributed by atoms with Crippen molar-refractivity contribution in [3.63, 3.8) is 0 Å². The lowest BCUT2D eigenvalue weighted by Gasteiger charge is -2.26. The number of anilines is 1. The van der Waals surface area contributed by atoms with Gasteiger partial charge in [0.05, 0.1) is 6.61 Å². The Morgan fingerprint density at radius 3 is 2.58 bits per heavy atom. The monoisotopic (exact) mass is 287 g/mol. The van der Waals surface area contributed by atoms with Crippen molar-refractivity contribution in [2.45, 2.75) is 24.8 Å². The van der Waals surface area contributed by atoms with E-state index in [1.165, 1.54) is 10.5 Å². The van der Waals surface area contributed by atoms with Crippen molar-refractivity contribution in [1.82, 2.24) is 9.29 Å². The number of aromatic nitrogens is 1. The van der Waals surface area contributed by atoms with Gasteiger partial charge in [-0.3, -0.25) is 0 Å². The number of nitrogens with one attached hydrogen (secondary N) is 1. The van der Waals surface area contributed by atoms with Crippen LogP contribution >= 0.6 is 0 Å². The fraction of sp³-hybridized carbons (Fsp3) is 0.583. The number of ether oxygens (including phenoxy) is 1. The van der Waals surface area contributed by atoms with Gasteiger partial charge in [-0.2, -0.15) is 4.31 Å². The standard InChI is InChI=1S/C12H21N3O3S/c1-5-15(10(2)9-18-4)19(16,17)11-6-7-12(13-3)14-8-11/h6-8,10H,5,9H2,1-4H3,(H,13,14). The molecule has 1 heterocycles. The molecule has 6 nitrogen and oxygen atoms in total. The molecular formula is C12H21N3O3S. The summed E-state index contributed by atoms with van der Waals surface area (Å²) < 4.78 is 31.4. The Hall–Kier alpha value is -1.18. The van der Waals surface area contributed by atoms with Crippen molar-refractivity contribution in [3.8, 4) is 0 Å². The Bertz CT molecular complexity index is 487. The lowest BCUT2D eigenvalue weighted by atomic mass is 10.4. The van der Waals surface area contributed by atoms with Gasteiger partial charge in [0, 0.05) is 32.9 Å². The molecule has 1 N–H and O–H groups in total. The van der Waals surface area contributed by atoms with Crippen LogP contribution in [0, 0.1) is 0 Å². The summed E-state index contributed by atoms with van der Waals surface area (Å²) in [7, 11) is -0.247. The predicted molar refractivity (Wildman–Crippen MR) is 74.7 cm³/mol. The summed E-state index contributed by atoms with van der Waals surface area (Å²) in [5.41, 5.74) is 0. The molecule has 1 aromatic rings. The lowest BCUT2D eigenvalue weighted by molar-refractivity contribution is 0.142. The molecule has 1 aromatic heterocycles. The van der Waals surface area contributed by atoms with Gasteiger partial charge in [-0.25, -0.2) is 13.4 Å². The highest BCUT2D eigenvalue weighted by molar-refractivity contribution is 7.89. The first-order valence-corrected chi connectivity index (χ1v) is 7.56. The van der Waals surface area contributed by atoms with Gasteiger partial charge < -0.3 is 10.1 Å². The predicted octanol–water partition coefficient (Wildman–Crippen LogP) is 1.17. The molecule has 0 amide bonds. The molecule has 1 unspecified atom stereocenters. The minimum Gasteiger partial charge on any atom is -0.383 e. The Kier molecular flexibility index (Phi) is 5.71. The van der Waals surface area contributed by atoms with Crippen molar-refractivity contribution in [3.05, 3.63) is 18.3 Å². The van der Waals surface area contributed by atoms with Crippen molar-refractivity contribution < 1.29 is 13.2 Å². The molecule has 0 aromatic carbocycles. The second-order valence-corrected chi connectivity index (χ2v) is 6.03.